The van der Waals surface area contributed by atoms with E-state index in [9.17, 15) is 0 Å². The molecule has 1 atom stereocenters. The highest BCUT2D eigenvalue weighted by atomic mass is 28.4. The van der Waals surface area contributed by atoms with Crippen molar-refractivity contribution in [3.8, 4) is 0 Å². The zero-order valence-corrected chi connectivity index (χ0v) is 10.7. The van der Waals surface area contributed by atoms with Gasteiger partial charge in [-0.05, 0) is 6.42 Å². The van der Waals surface area contributed by atoms with Gasteiger partial charge in [-0.15, -0.1) is 0 Å². The highest BCUT2D eigenvalue weighted by Gasteiger charge is 2.44. The molecule has 1 unspecified atom stereocenters. The number of hydrogen-bond acceptors (Lipinski definition) is 4. The molecule has 3 heterocycles. The topological polar surface area (TPSA) is 30.9 Å². The quantitative estimate of drug-likeness (QED) is 0.666. The molecular formula is C10H21NO3Si. The third kappa shape index (κ3) is 2.60. The van der Waals surface area contributed by atoms with Gasteiger partial charge in [0.2, 0.25) is 0 Å². The summed E-state index contributed by atoms with van der Waals surface area (Å²) in [5, 5.41) is 0. The number of nitrogens with zero attached hydrogens (tertiary/aromatic N) is 1. The van der Waals surface area contributed by atoms with Crippen LogP contribution in [-0.4, -0.2) is 52.7 Å². The van der Waals surface area contributed by atoms with E-state index in [1.165, 1.54) is 0 Å². The Labute approximate surface area is 92.9 Å². The van der Waals surface area contributed by atoms with Gasteiger partial charge in [-0.1, -0.05) is 13.8 Å². The Bertz CT molecular complexity index is 205. The lowest BCUT2D eigenvalue weighted by Gasteiger charge is -2.41. The molecule has 3 fully saturated rings. The molecule has 0 radical (unpaired) electrons. The molecule has 0 saturated carbocycles. The summed E-state index contributed by atoms with van der Waals surface area (Å²) in [5.41, 5.74) is 0. The van der Waals surface area contributed by atoms with Crippen molar-refractivity contribution in [1.29, 1.82) is 0 Å². The van der Waals surface area contributed by atoms with Crippen LogP contribution in [-0.2, 0) is 13.3 Å². The smallest absolute Gasteiger partial charge is 0.372 e. The molecule has 3 rings (SSSR count). The molecule has 0 amide bonds. The molecule has 0 N–H and O–H groups in total. The van der Waals surface area contributed by atoms with Gasteiger partial charge >= 0.3 is 8.80 Å². The molecule has 2 bridgehead atoms. The van der Waals surface area contributed by atoms with Crippen LogP contribution in [0.3, 0.4) is 0 Å². The third-order valence-electron chi connectivity index (χ3n) is 3.16. The average molecular weight is 231 g/mol. The first kappa shape index (κ1) is 11.5. The Kier molecular flexibility index (Phi) is 3.79. The van der Waals surface area contributed by atoms with Gasteiger partial charge in [0.25, 0.3) is 0 Å². The van der Waals surface area contributed by atoms with Crippen molar-refractivity contribution in [1.82, 2.24) is 4.90 Å². The van der Waals surface area contributed by atoms with Gasteiger partial charge < -0.3 is 13.3 Å². The number of fused-ring (bicyclic) bond motifs is 6. The summed E-state index contributed by atoms with van der Waals surface area (Å²) < 4.78 is 17.9. The molecule has 0 aromatic carbocycles. The lowest BCUT2D eigenvalue weighted by molar-refractivity contribution is -0.0410. The molecule has 4 nitrogen and oxygen atoms in total. The molecule has 5 heteroatoms. The Hall–Kier alpha value is 0.0569. The van der Waals surface area contributed by atoms with E-state index >= 15 is 0 Å². The van der Waals surface area contributed by atoms with Gasteiger partial charge in [-0.2, -0.15) is 0 Å². The van der Waals surface area contributed by atoms with Crippen molar-refractivity contribution in [2.45, 2.75) is 32.4 Å². The first-order valence-corrected chi connectivity index (χ1v) is 7.89. The highest BCUT2D eigenvalue weighted by Crippen LogP contribution is 2.23. The monoisotopic (exact) mass is 231 g/mol. The maximum atomic E-state index is 6.10. The second-order valence-electron chi connectivity index (χ2n) is 4.18. The normalized spacial score (nSPS) is 42.0. The van der Waals surface area contributed by atoms with Crippen LogP contribution in [0.2, 0.25) is 6.04 Å². The molecule has 3 saturated heterocycles. The van der Waals surface area contributed by atoms with Crippen molar-refractivity contribution < 1.29 is 13.3 Å². The van der Waals surface area contributed by atoms with Crippen molar-refractivity contribution in [2.75, 3.05) is 32.8 Å². The first-order chi connectivity index (χ1) is 7.28. The fourth-order valence-electron chi connectivity index (χ4n) is 2.14. The molecule has 3 aliphatic heterocycles. The van der Waals surface area contributed by atoms with Crippen LogP contribution < -0.4 is 0 Å². The Morgan fingerprint density at radius 3 is 2.40 bits per heavy atom. The maximum absolute atomic E-state index is 6.10. The minimum atomic E-state index is -2.31. The molecule has 0 spiro atoms. The summed E-state index contributed by atoms with van der Waals surface area (Å²) in [7, 11) is -2.31. The zero-order chi connectivity index (χ0) is 10.7. The Morgan fingerprint density at radius 1 is 1.20 bits per heavy atom. The van der Waals surface area contributed by atoms with Gasteiger partial charge in [0, 0.05) is 25.7 Å². The van der Waals surface area contributed by atoms with Gasteiger partial charge in [0.1, 0.15) is 0 Å². The molecule has 88 valence electrons. The molecule has 0 aromatic rings. The largest absolute Gasteiger partial charge is 0.501 e. The summed E-state index contributed by atoms with van der Waals surface area (Å²) in [5.74, 6) is 0. The second kappa shape index (κ2) is 4.93. The summed E-state index contributed by atoms with van der Waals surface area (Å²) in [6.07, 6.45) is 1.33. The molecule has 15 heavy (non-hydrogen) atoms. The van der Waals surface area contributed by atoms with Crippen LogP contribution >= 0.6 is 0 Å². The van der Waals surface area contributed by atoms with Gasteiger partial charge in [0.05, 0.1) is 19.3 Å². The van der Waals surface area contributed by atoms with Crippen LogP contribution in [0.4, 0.5) is 0 Å². The van der Waals surface area contributed by atoms with Gasteiger partial charge in [-0.25, -0.2) is 0 Å². The van der Waals surface area contributed by atoms with E-state index in [0.717, 1.165) is 45.3 Å². The lowest BCUT2D eigenvalue weighted by Crippen LogP contribution is -2.57. The van der Waals surface area contributed by atoms with E-state index < -0.39 is 8.80 Å². The van der Waals surface area contributed by atoms with Crippen molar-refractivity contribution in [3.05, 3.63) is 0 Å². The van der Waals surface area contributed by atoms with E-state index in [2.05, 4.69) is 18.7 Å². The van der Waals surface area contributed by atoms with E-state index in [0.29, 0.717) is 0 Å². The lowest BCUT2D eigenvalue weighted by atomic mass is 10.2. The van der Waals surface area contributed by atoms with E-state index in [1.807, 2.05) is 0 Å². The molecular weight excluding hydrogens is 210 g/mol. The predicted octanol–water partition coefficient (Wildman–Crippen LogP) is 1.10. The SMILES string of the molecule is CCC1CN2CCO[Si](CC)(OCC2)O1. The zero-order valence-electron chi connectivity index (χ0n) is 9.70. The maximum Gasteiger partial charge on any atom is 0.501 e. The first-order valence-electron chi connectivity index (χ1n) is 5.96. The van der Waals surface area contributed by atoms with Crippen LogP contribution in [0.15, 0.2) is 0 Å². The van der Waals surface area contributed by atoms with Crippen LogP contribution in [0, 0.1) is 0 Å². The number of rotatable bonds is 2. The van der Waals surface area contributed by atoms with Gasteiger partial charge in [0.15, 0.2) is 0 Å². The minimum Gasteiger partial charge on any atom is -0.372 e. The summed E-state index contributed by atoms with van der Waals surface area (Å²) in [6.45, 7) is 8.89. The Balaban J connectivity index is 2.13. The summed E-state index contributed by atoms with van der Waals surface area (Å²) >= 11 is 0. The molecule has 0 aliphatic carbocycles. The summed E-state index contributed by atoms with van der Waals surface area (Å²) in [4.78, 5) is 2.38. The van der Waals surface area contributed by atoms with E-state index in [-0.39, 0.29) is 6.10 Å². The predicted molar refractivity (Wildman–Crippen MR) is 59.7 cm³/mol. The fraction of sp³-hybridized carbons (Fsp3) is 1.00. The minimum absolute atomic E-state index is 0.289. The molecule has 3 aliphatic rings. The second-order valence-corrected chi connectivity index (χ2v) is 7.07. The van der Waals surface area contributed by atoms with Crippen molar-refractivity contribution in [2.24, 2.45) is 0 Å². The van der Waals surface area contributed by atoms with E-state index in [1.54, 1.807) is 0 Å². The van der Waals surface area contributed by atoms with Crippen LogP contribution in [0.25, 0.3) is 0 Å². The van der Waals surface area contributed by atoms with Crippen LogP contribution in [0.5, 0.6) is 0 Å². The van der Waals surface area contributed by atoms with E-state index in [4.69, 9.17) is 13.3 Å². The average Bonchev–Trinajstić information content (AvgIpc) is 2.16. The van der Waals surface area contributed by atoms with Gasteiger partial charge in [-0.3, -0.25) is 4.90 Å². The Morgan fingerprint density at radius 2 is 1.87 bits per heavy atom. The highest BCUT2D eigenvalue weighted by molar-refractivity contribution is 6.60. The fourth-order valence-corrected chi connectivity index (χ4v) is 4.49. The van der Waals surface area contributed by atoms with Crippen LogP contribution in [0.1, 0.15) is 20.3 Å². The summed E-state index contributed by atoms with van der Waals surface area (Å²) in [6, 6.07) is 0.892. The van der Waals surface area contributed by atoms with Crippen molar-refractivity contribution >= 4 is 8.80 Å². The molecule has 0 aromatic heterocycles. The third-order valence-corrected chi connectivity index (χ3v) is 6.00. The van der Waals surface area contributed by atoms with Crippen molar-refractivity contribution in [3.63, 3.8) is 0 Å². The standard InChI is InChI=1S/C10H21NO3Si/c1-3-10-9-11-5-7-12-15(4-2,14-10)13-8-6-11/h10H,3-9H2,1-2H3. The number of hydrogen-bond donors (Lipinski definition) is 0.